The maximum absolute atomic E-state index is 13.8. The molecule has 1 unspecified atom stereocenters. The molecule has 0 spiro atoms. The van der Waals surface area contributed by atoms with Crippen LogP contribution in [0.15, 0.2) is 42.5 Å². The van der Waals surface area contributed by atoms with Gasteiger partial charge in [-0.05, 0) is 93.1 Å². The normalized spacial score (nSPS) is 18.6. The SMILES string of the molecule is Cc1ccc2c3c(ccc2n1)OC[C@H](CNCCC1CCc2[nH]c4ccc(F)cc4c2C1)O3.Cl.Cl. The number of nitrogens with one attached hydrogen (secondary N) is 2. The van der Waals surface area contributed by atoms with Gasteiger partial charge < -0.3 is 19.8 Å². The van der Waals surface area contributed by atoms with Crippen LogP contribution in [0, 0.1) is 18.7 Å². The molecule has 0 amide bonds. The molecule has 2 atom stereocenters. The van der Waals surface area contributed by atoms with Gasteiger partial charge in [-0.1, -0.05) is 0 Å². The van der Waals surface area contributed by atoms with E-state index in [4.69, 9.17) is 9.47 Å². The molecule has 8 heteroatoms. The molecule has 2 N–H and O–H groups in total. The molecule has 2 aromatic carbocycles. The highest BCUT2D eigenvalue weighted by molar-refractivity contribution is 5.88. The quantitative estimate of drug-likeness (QED) is 0.322. The molecule has 4 aromatic rings. The van der Waals surface area contributed by atoms with Gasteiger partial charge in [-0.25, -0.2) is 4.39 Å². The van der Waals surface area contributed by atoms with E-state index in [0.717, 1.165) is 71.4 Å². The Hall–Kier alpha value is -2.54. The van der Waals surface area contributed by atoms with E-state index in [1.807, 2.05) is 31.2 Å². The van der Waals surface area contributed by atoms with Gasteiger partial charge in [0.25, 0.3) is 0 Å². The monoisotopic (exact) mass is 517 g/mol. The number of benzene rings is 2. The highest BCUT2D eigenvalue weighted by Gasteiger charge is 2.25. The third-order valence-corrected chi connectivity index (χ3v) is 6.99. The molecule has 0 saturated carbocycles. The number of pyridine rings is 1. The fourth-order valence-electron chi connectivity index (χ4n) is 5.26. The Bertz CT molecular complexity index is 1340. The van der Waals surface area contributed by atoms with Crippen molar-refractivity contribution >= 4 is 46.6 Å². The zero-order valence-electron chi connectivity index (χ0n) is 19.6. The predicted octanol–water partition coefficient (Wildman–Crippen LogP) is 5.93. The van der Waals surface area contributed by atoms with Gasteiger partial charge in [-0.15, -0.1) is 24.8 Å². The Balaban J connectivity index is 0.00000144. The standard InChI is InChI=1S/C27H28FN3O2.2ClH/c1-16-2-5-20-23(30-16)8-9-26-27(20)33-19(15-32-26)14-29-11-10-17-3-6-24-21(12-17)22-13-18(28)4-7-25(22)31-24;;/h2,4-5,7-9,13,17,19,29,31H,3,6,10-12,14-15H2,1H3;2*1H/t17?,19-;;/m0../s1. The first-order valence-corrected chi connectivity index (χ1v) is 11.8. The minimum absolute atomic E-state index is 0. The summed E-state index contributed by atoms with van der Waals surface area (Å²) >= 11 is 0. The van der Waals surface area contributed by atoms with Crippen molar-refractivity contribution in [1.82, 2.24) is 15.3 Å². The summed E-state index contributed by atoms with van der Waals surface area (Å²) in [6.07, 6.45) is 4.28. The molecule has 35 heavy (non-hydrogen) atoms. The van der Waals surface area contributed by atoms with Gasteiger partial charge in [0.05, 0.1) is 5.52 Å². The molecule has 3 heterocycles. The van der Waals surface area contributed by atoms with E-state index in [2.05, 4.69) is 21.4 Å². The summed E-state index contributed by atoms with van der Waals surface area (Å²) in [7, 11) is 0. The van der Waals surface area contributed by atoms with E-state index in [-0.39, 0.29) is 36.7 Å². The first kappa shape index (κ1) is 25.5. The summed E-state index contributed by atoms with van der Waals surface area (Å²) in [5, 5.41) is 5.61. The predicted molar refractivity (Wildman–Crippen MR) is 142 cm³/mol. The lowest BCUT2D eigenvalue weighted by Gasteiger charge is -2.28. The van der Waals surface area contributed by atoms with Gasteiger partial charge in [0.15, 0.2) is 11.5 Å². The Morgan fingerprint density at radius 1 is 1.11 bits per heavy atom. The topological polar surface area (TPSA) is 59.2 Å². The van der Waals surface area contributed by atoms with Gasteiger partial charge in [0, 0.05) is 34.2 Å². The Kier molecular flexibility index (Phi) is 7.74. The average Bonchev–Trinajstić information content (AvgIpc) is 3.18. The summed E-state index contributed by atoms with van der Waals surface area (Å²) in [6.45, 7) is 4.20. The van der Waals surface area contributed by atoms with Crippen molar-refractivity contribution in [2.24, 2.45) is 5.92 Å². The molecule has 0 radical (unpaired) electrons. The molecular formula is C27H30Cl2FN3O2. The second-order valence-corrected chi connectivity index (χ2v) is 9.34. The number of H-pyrrole nitrogens is 1. The number of hydrogen-bond acceptors (Lipinski definition) is 4. The van der Waals surface area contributed by atoms with Crippen LogP contribution in [0.4, 0.5) is 4.39 Å². The smallest absolute Gasteiger partial charge is 0.171 e. The van der Waals surface area contributed by atoms with Crippen LogP contribution in [0.1, 0.15) is 29.8 Å². The fraction of sp³-hybridized carbons (Fsp3) is 0.370. The maximum Gasteiger partial charge on any atom is 0.171 e. The fourth-order valence-corrected chi connectivity index (χ4v) is 5.26. The number of rotatable bonds is 5. The number of hydrogen-bond donors (Lipinski definition) is 2. The second kappa shape index (κ2) is 10.6. The lowest BCUT2D eigenvalue weighted by molar-refractivity contribution is 0.0922. The molecule has 1 aliphatic heterocycles. The second-order valence-electron chi connectivity index (χ2n) is 9.34. The molecule has 0 saturated heterocycles. The van der Waals surface area contributed by atoms with Gasteiger partial charge in [0.1, 0.15) is 18.5 Å². The first-order chi connectivity index (χ1) is 16.1. The van der Waals surface area contributed by atoms with Gasteiger partial charge in [-0.3, -0.25) is 4.98 Å². The molecule has 2 aliphatic rings. The van der Waals surface area contributed by atoms with Crippen molar-refractivity contribution in [3.63, 3.8) is 0 Å². The summed E-state index contributed by atoms with van der Waals surface area (Å²) in [5.74, 6) is 2.03. The van der Waals surface area contributed by atoms with Crippen molar-refractivity contribution in [2.45, 2.75) is 38.7 Å². The van der Waals surface area contributed by atoms with Gasteiger partial charge in [-0.2, -0.15) is 0 Å². The van der Waals surface area contributed by atoms with E-state index in [1.165, 1.54) is 23.7 Å². The number of ether oxygens (including phenoxy) is 2. The van der Waals surface area contributed by atoms with Crippen molar-refractivity contribution < 1.29 is 13.9 Å². The highest BCUT2D eigenvalue weighted by atomic mass is 35.5. The van der Waals surface area contributed by atoms with Crippen molar-refractivity contribution in [3.05, 3.63) is 65.2 Å². The largest absolute Gasteiger partial charge is 0.486 e. The van der Waals surface area contributed by atoms with Crippen molar-refractivity contribution in [1.29, 1.82) is 0 Å². The van der Waals surface area contributed by atoms with Crippen LogP contribution in [-0.2, 0) is 12.8 Å². The van der Waals surface area contributed by atoms with Crippen LogP contribution in [0.5, 0.6) is 11.5 Å². The Morgan fingerprint density at radius 2 is 2.00 bits per heavy atom. The lowest BCUT2D eigenvalue weighted by Crippen LogP contribution is -2.39. The molecule has 6 rings (SSSR count). The molecule has 1 aliphatic carbocycles. The molecular weight excluding hydrogens is 488 g/mol. The molecule has 186 valence electrons. The third-order valence-electron chi connectivity index (χ3n) is 6.99. The minimum Gasteiger partial charge on any atom is -0.486 e. The number of fused-ring (bicyclic) bond motifs is 6. The molecule has 2 aromatic heterocycles. The van der Waals surface area contributed by atoms with E-state index >= 15 is 0 Å². The van der Waals surface area contributed by atoms with Crippen LogP contribution >= 0.6 is 24.8 Å². The zero-order valence-corrected chi connectivity index (χ0v) is 21.2. The zero-order chi connectivity index (χ0) is 22.4. The molecule has 0 bridgehead atoms. The number of aromatic amines is 1. The van der Waals surface area contributed by atoms with Gasteiger partial charge in [0.2, 0.25) is 0 Å². The average molecular weight is 518 g/mol. The first-order valence-electron chi connectivity index (χ1n) is 11.8. The Labute approximate surface area is 216 Å². The summed E-state index contributed by atoms with van der Waals surface area (Å²) in [6, 6.07) is 13.0. The maximum atomic E-state index is 13.8. The number of aryl methyl sites for hydroxylation is 2. The van der Waals surface area contributed by atoms with E-state index in [0.29, 0.717) is 12.5 Å². The highest BCUT2D eigenvalue weighted by Crippen LogP contribution is 2.38. The summed E-state index contributed by atoms with van der Waals surface area (Å²) in [4.78, 5) is 8.08. The van der Waals surface area contributed by atoms with Crippen molar-refractivity contribution in [3.8, 4) is 11.5 Å². The van der Waals surface area contributed by atoms with E-state index in [1.54, 1.807) is 6.07 Å². The van der Waals surface area contributed by atoms with E-state index < -0.39 is 0 Å². The Morgan fingerprint density at radius 3 is 2.89 bits per heavy atom. The van der Waals surface area contributed by atoms with Crippen LogP contribution in [0.25, 0.3) is 21.8 Å². The van der Waals surface area contributed by atoms with Crippen LogP contribution in [0.2, 0.25) is 0 Å². The summed E-state index contributed by atoms with van der Waals surface area (Å²) < 4.78 is 26.0. The van der Waals surface area contributed by atoms with E-state index in [9.17, 15) is 4.39 Å². The minimum atomic E-state index is -0.164. The van der Waals surface area contributed by atoms with Gasteiger partial charge >= 0.3 is 0 Å². The van der Waals surface area contributed by atoms with Crippen LogP contribution in [0.3, 0.4) is 0 Å². The molecule has 5 nitrogen and oxygen atoms in total. The van der Waals surface area contributed by atoms with Crippen LogP contribution in [-0.4, -0.2) is 35.8 Å². The third kappa shape index (κ3) is 5.06. The van der Waals surface area contributed by atoms with Crippen LogP contribution < -0.4 is 14.8 Å². The summed E-state index contributed by atoms with van der Waals surface area (Å²) in [5.41, 5.74) is 5.55. The number of aromatic nitrogens is 2. The van der Waals surface area contributed by atoms with Crippen molar-refractivity contribution in [2.75, 3.05) is 19.7 Å². The number of nitrogens with zero attached hydrogens (tertiary/aromatic N) is 1. The molecule has 0 fully saturated rings. The number of halogens is 3. The lowest BCUT2D eigenvalue weighted by atomic mass is 9.84.